The van der Waals surface area contributed by atoms with E-state index in [-0.39, 0.29) is 18.9 Å². The van der Waals surface area contributed by atoms with Crippen LogP contribution in [-0.2, 0) is 0 Å². The zero-order valence-electron chi connectivity index (χ0n) is 7.40. The first-order chi connectivity index (χ1) is 5.90. The molecule has 13 heavy (non-hydrogen) atoms. The molecule has 0 saturated carbocycles. The predicted octanol–water partition coefficient (Wildman–Crippen LogP) is 1.67. The van der Waals surface area contributed by atoms with Gasteiger partial charge in [0, 0.05) is 24.2 Å². The van der Waals surface area contributed by atoms with Gasteiger partial charge >= 0.3 is 0 Å². The molecule has 0 aliphatic heterocycles. The van der Waals surface area contributed by atoms with E-state index in [9.17, 15) is 4.79 Å². The second-order valence-corrected chi connectivity index (χ2v) is 2.55. The van der Waals surface area contributed by atoms with Crippen LogP contribution in [0.25, 0.3) is 10.9 Å². The van der Waals surface area contributed by atoms with E-state index in [0.29, 0.717) is 5.69 Å². The van der Waals surface area contributed by atoms with Gasteiger partial charge in [0.05, 0.1) is 5.52 Å². The van der Waals surface area contributed by atoms with E-state index in [4.69, 9.17) is 0 Å². The van der Waals surface area contributed by atoms with Crippen molar-refractivity contribution < 1.29 is 4.79 Å². The maximum absolute atomic E-state index is 10.4. The molecule has 1 heterocycles. The Morgan fingerprint density at radius 2 is 1.85 bits per heavy atom. The first kappa shape index (κ1) is 9.98. The van der Waals surface area contributed by atoms with Crippen LogP contribution in [0.3, 0.4) is 0 Å². The molecule has 59 valence electrons. The fourth-order valence-corrected chi connectivity index (χ4v) is 1.15. The van der Waals surface area contributed by atoms with E-state index in [1.165, 1.54) is 0 Å². The average Bonchev–Trinajstić information content (AvgIpc) is 2.17. The summed E-state index contributed by atoms with van der Waals surface area (Å²) in [6, 6.07) is 11.3. The third-order valence-corrected chi connectivity index (χ3v) is 1.74. The molecule has 3 heteroatoms. The van der Waals surface area contributed by atoms with Crippen molar-refractivity contribution in [2.75, 3.05) is 0 Å². The number of carbonyl (C=O) groups is 1. The zero-order chi connectivity index (χ0) is 8.39. The van der Waals surface area contributed by atoms with Gasteiger partial charge < -0.3 is 0 Å². The fourth-order valence-electron chi connectivity index (χ4n) is 1.15. The number of aromatic nitrogens is 1. The number of carbonyl (C=O) groups excluding carboxylic acids is 1. The summed E-state index contributed by atoms with van der Waals surface area (Å²) < 4.78 is 0. The van der Waals surface area contributed by atoms with Gasteiger partial charge in [-0.15, -0.1) is 0 Å². The van der Waals surface area contributed by atoms with Gasteiger partial charge in [-0.05, 0) is 12.1 Å². The predicted molar refractivity (Wildman–Crippen MR) is 52.9 cm³/mol. The van der Waals surface area contributed by atoms with Crippen molar-refractivity contribution in [3.63, 3.8) is 0 Å². The minimum absolute atomic E-state index is 0. The number of pyridine rings is 1. The number of hydrogen-bond acceptors (Lipinski definition) is 2. The Labute approximate surface area is 88.2 Å². The largest absolute Gasteiger partial charge is 0.296 e. The van der Waals surface area contributed by atoms with E-state index in [1.54, 1.807) is 6.07 Å². The minimum atomic E-state index is 0. The summed E-state index contributed by atoms with van der Waals surface area (Å²) in [4.78, 5) is 14.5. The van der Waals surface area contributed by atoms with Crippen LogP contribution in [0.4, 0.5) is 0 Å². The second-order valence-electron chi connectivity index (χ2n) is 2.55. The van der Waals surface area contributed by atoms with Crippen molar-refractivity contribution >= 4 is 36.0 Å². The standard InChI is InChI=1S/C10H7NO.Li/c12-7-9-6-5-8-3-1-2-4-10(8)11-9;/h1-7H;. The molecule has 1 aromatic heterocycles. The molecule has 2 nitrogen and oxygen atoms in total. The summed E-state index contributed by atoms with van der Waals surface area (Å²) in [6.45, 7) is 0. The Bertz CT molecular complexity index is 428. The van der Waals surface area contributed by atoms with Gasteiger partial charge in [-0.3, -0.25) is 4.79 Å². The molecule has 1 radical (unpaired) electrons. The van der Waals surface area contributed by atoms with Crippen LogP contribution in [0.15, 0.2) is 36.4 Å². The van der Waals surface area contributed by atoms with E-state index >= 15 is 0 Å². The summed E-state index contributed by atoms with van der Waals surface area (Å²) in [5, 5.41) is 1.06. The SMILES string of the molecule is O=Cc1ccc2ccccc2n1.[Li]. The number of hydrogen-bond donors (Lipinski definition) is 0. The van der Waals surface area contributed by atoms with Crippen LogP contribution in [0.1, 0.15) is 10.5 Å². The Morgan fingerprint density at radius 3 is 2.62 bits per heavy atom. The van der Waals surface area contributed by atoms with Crippen molar-refractivity contribution in [1.82, 2.24) is 4.98 Å². The van der Waals surface area contributed by atoms with Gasteiger partial charge in [0.15, 0.2) is 6.29 Å². The maximum Gasteiger partial charge on any atom is 0.168 e. The zero-order valence-corrected chi connectivity index (χ0v) is 7.40. The van der Waals surface area contributed by atoms with Gasteiger partial charge in [0.25, 0.3) is 0 Å². The Morgan fingerprint density at radius 1 is 1.08 bits per heavy atom. The van der Waals surface area contributed by atoms with Gasteiger partial charge in [-0.25, -0.2) is 4.98 Å². The van der Waals surface area contributed by atoms with E-state index < -0.39 is 0 Å². The number of rotatable bonds is 1. The Kier molecular flexibility index (Phi) is 3.24. The molecule has 0 atom stereocenters. The van der Waals surface area contributed by atoms with E-state index in [0.717, 1.165) is 17.2 Å². The van der Waals surface area contributed by atoms with Gasteiger partial charge in [0.2, 0.25) is 0 Å². The molecule has 2 rings (SSSR count). The Balaban J connectivity index is 0.000000845. The smallest absolute Gasteiger partial charge is 0.168 e. The molecule has 0 amide bonds. The number of para-hydroxylation sites is 1. The molecular formula is C10H7LiNO. The van der Waals surface area contributed by atoms with Crippen molar-refractivity contribution in [3.05, 3.63) is 42.1 Å². The molecule has 1 aromatic carbocycles. The van der Waals surface area contributed by atoms with Crippen LogP contribution in [0.2, 0.25) is 0 Å². The second kappa shape index (κ2) is 4.22. The molecule has 0 spiro atoms. The quantitative estimate of drug-likeness (QED) is 0.474. The first-order valence-corrected chi connectivity index (χ1v) is 3.71. The third kappa shape index (κ3) is 1.98. The van der Waals surface area contributed by atoms with Crippen molar-refractivity contribution in [2.45, 2.75) is 0 Å². The van der Waals surface area contributed by atoms with Crippen LogP contribution in [0.5, 0.6) is 0 Å². The number of nitrogens with zero attached hydrogens (tertiary/aromatic N) is 1. The molecule has 0 N–H and O–H groups in total. The normalized spacial score (nSPS) is 9.23. The monoisotopic (exact) mass is 164 g/mol. The van der Waals surface area contributed by atoms with Crippen LogP contribution in [0, 0.1) is 0 Å². The number of fused-ring (bicyclic) bond motifs is 1. The minimum Gasteiger partial charge on any atom is -0.296 e. The average molecular weight is 164 g/mol. The fraction of sp³-hybridized carbons (Fsp3) is 0. The van der Waals surface area contributed by atoms with Crippen LogP contribution < -0.4 is 0 Å². The van der Waals surface area contributed by atoms with Crippen molar-refractivity contribution in [2.24, 2.45) is 0 Å². The van der Waals surface area contributed by atoms with Crippen LogP contribution >= 0.6 is 0 Å². The molecule has 2 aromatic rings. The molecule has 0 fully saturated rings. The summed E-state index contributed by atoms with van der Waals surface area (Å²) in [7, 11) is 0. The molecule has 0 bridgehead atoms. The summed E-state index contributed by atoms with van der Waals surface area (Å²) in [6.07, 6.45) is 0.756. The summed E-state index contributed by atoms with van der Waals surface area (Å²) in [5.41, 5.74) is 1.34. The molecular weight excluding hydrogens is 157 g/mol. The summed E-state index contributed by atoms with van der Waals surface area (Å²) >= 11 is 0. The van der Waals surface area contributed by atoms with Gasteiger partial charge in [-0.2, -0.15) is 0 Å². The molecule has 0 unspecified atom stereocenters. The number of aldehydes is 1. The maximum atomic E-state index is 10.4. The topological polar surface area (TPSA) is 30.0 Å². The van der Waals surface area contributed by atoms with Gasteiger partial charge in [0.1, 0.15) is 5.69 Å². The first-order valence-electron chi connectivity index (χ1n) is 3.71. The van der Waals surface area contributed by atoms with Crippen molar-refractivity contribution in [1.29, 1.82) is 0 Å². The molecule has 0 aliphatic carbocycles. The molecule has 0 aliphatic rings. The van der Waals surface area contributed by atoms with E-state index in [1.807, 2.05) is 30.3 Å². The summed E-state index contributed by atoms with van der Waals surface area (Å²) in [5.74, 6) is 0. The third-order valence-electron chi connectivity index (χ3n) is 1.74. The number of benzene rings is 1. The van der Waals surface area contributed by atoms with Gasteiger partial charge in [-0.1, -0.05) is 24.3 Å². The van der Waals surface area contributed by atoms with E-state index in [2.05, 4.69) is 4.98 Å². The Hall–Kier alpha value is -1.10. The molecule has 0 saturated heterocycles. The van der Waals surface area contributed by atoms with Crippen LogP contribution in [-0.4, -0.2) is 30.1 Å². The van der Waals surface area contributed by atoms with Crippen molar-refractivity contribution in [3.8, 4) is 0 Å².